The number of likely N-dealkylation sites (tertiary alicyclic amines) is 1. The molecule has 1 amide bonds. The van der Waals surface area contributed by atoms with E-state index in [-0.39, 0.29) is 23.8 Å². The van der Waals surface area contributed by atoms with E-state index in [0.29, 0.717) is 6.54 Å². The molecular weight excluding hydrogens is 206 g/mol. The Hall–Kier alpha value is -0.480. The first-order valence-corrected chi connectivity index (χ1v) is 5.14. The van der Waals surface area contributed by atoms with Gasteiger partial charge >= 0.3 is 6.09 Å². The average Bonchev–Trinajstić information content (AvgIpc) is 2.45. The zero-order chi connectivity index (χ0) is 10.7. The molecule has 1 fully saturated rings. The molecule has 1 rings (SSSR count). The molecule has 0 spiro atoms. The van der Waals surface area contributed by atoms with Crippen LogP contribution in [-0.2, 0) is 9.47 Å². The van der Waals surface area contributed by atoms with Crippen LogP contribution in [0.3, 0.4) is 0 Å². The first-order chi connectivity index (χ1) is 6.56. The Morgan fingerprint density at radius 3 is 2.71 bits per heavy atom. The lowest BCUT2D eigenvalue weighted by Crippen LogP contribution is -2.40. The topological polar surface area (TPSA) is 38.8 Å². The molecule has 14 heavy (non-hydrogen) atoms. The summed E-state index contributed by atoms with van der Waals surface area (Å²) in [6, 6.07) is 0. The van der Waals surface area contributed by atoms with Crippen LogP contribution in [0.1, 0.15) is 20.3 Å². The third-order valence-corrected chi connectivity index (χ3v) is 2.51. The van der Waals surface area contributed by atoms with Crippen LogP contribution in [0.5, 0.6) is 0 Å². The van der Waals surface area contributed by atoms with Crippen molar-refractivity contribution in [1.82, 2.24) is 4.90 Å². The number of methoxy groups -OCH3 is 1. The molecule has 1 heterocycles. The number of hydrogen-bond acceptors (Lipinski definition) is 3. The third kappa shape index (κ3) is 2.51. The van der Waals surface area contributed by atoms with Gasteiger partial charge < -0.3 is 9.47 Å². The van der Waals surface area contributed by atoms with E-state index in [2.05, 4.69) is 0 Å². The van der Waals surface area contributed by atoms with Gasteiger partial charge in [-0.25, -0.2) is 4.79 Å². The highest BCUT2D eigenvalue weighted by Gasteiger charge is 2.37. The molecule has 2 unspecified atom stereocenters. The third-order valence-electron chi connectivity index (χ3n) is 2.07. The first kappa shape index (κ1) is 11.6. The minimum atomic E-state index is -0.358. The minimum absolute atomic E-state index is 0.116. The van der Waals surface area contributed by atoms with Gasteiger partial charge in [-0.05, 0) is 20.3 Å². The van der Waals surface area contributed by atoms with Crippen molar-refractivity contribution in [2.24, 2.45) is 0 Å². The van der Waals surface area contributed by atoms with Crippen molar-refractivity contribution in [2.45, 2.75) is 38.0 Å². The predicted octanol–water partition coefficient (Wildman–Crippen LogP) is 1.82. The Morgan fingerprint density at radius 2 is 2.21 bits per heavy atom. The molecule has 1 aliphatic heterocycles. The van der Waals surface area contributed by atoms with Gasteiger partial charge in [0.05, 0.1) is 11.5 Å². The van der Waals surface area contributed by atoms with Crippen LogP contribution in [0.2, 0.25) is 0 Å². The number of halogens is 1. The summed E-state index contributed by atoms with van der Waals surface area (Å²) < 4.78 is 10.2. The Kier molecular flexibility index (Phi) is 4.01. The van der Waals surface area contributed by atoms with Crippen molar-refractivity contribution in [3.05, 3.63) is 0 Å². The average molecular weight is 222 g/mol. The minimum Gasteiger partial charge on any atom is -0.447 e. The summed E-state index contributed by atoms with van der Waals surface area (Å²) in [6.45, 7) is 4.22. The summed E-state index contributed by atoms with van der Waals surface area (Å²) in [4.78, 5) is 13.1. The second-order valence-corrected chi connectivity index (χ2v) is 4.12. The fourth-order valence-electron chi connectivity index (χ4n) is 1.47. The van der Waals surface area contributed by atoms with Gasteiger partial charge in [-0.2, -0.15) is 0 Å². The summed E-state index contributed by atoms with van der Waals surface area (Å²) in [5.41, 5.74) is 0. The van der Waals surface area contributed by atoms with Crippen molar-refractivity contribution >= 4 is 17.7 Å². The van der Waals surface area contributed by atoms with Crippen molar-refractivity contribution in [2.75, 3.05) is 13.7 Å². The van der Waals surface area contributed by atoms with Crippen molar-refractivity contribution in [3.8, 4) is 0 Å². The SMILES string of the molecule is COC1C(Cl)CCN1C(=O)OC(C)C. The highest BCUT2D eigenvalue weighted by molar-refractivity contribution is 6.21. The summed E-state index contributed by atoms with van der Waals surface area (Å²) in [5, 5.41) is -0.139. The van der Waals surface area contributed by atoms with Crippen molar-refractivity contribution < 1.29 is 14.3 Å². The van der Waals surface area contributed by atoms with E-state index >= 15 is 0 Å². The van der Waals surface area contributed by atoms with E-state index in [1.807, 2.05) is 13.8 Å². The van der Waals surface area contributed by atoms with Gasteiger partial charge in [0.1, 0.15) is 0 Å². The van der Waals surface area contributed by atoms with Gasteiger partial charge in [-0.15, -0.1) is 11.6 Å². The molecule has 1 aliphatic rings. The number of alkyl halides is 1. The zero-order valence-corrected chi connectivity index (χ0v) is 9.45. The molecule has 2 atom stereocenters. The van der Waals surface area contributed by atoms with Crippen LogP contribution in [-0.4, -0.2) is 42.4 Å². The number of rotatable bonds is 2. The number of amides is 1. The highest BCUT2D eigenvalue weighted by atomic mass is 35.5. The normalized spacial score (nSPS) is 27.1. The maximum atomic E-state index is 11.5. The summed E-state index contributed by atoms with van der Waals surface area (Å²) in [6.07, 6.45) is -0.0833. The Balaban J connectivity index is 2.55. The Labute approximate surface area is 89.1 Å². The number of hydrogen-bond donors (Lipinski definition) is 0. The van der Waals surface area contributed by atoms with Crippen LogP contribution >= 0.6 is 11.6 Å². The maximum Gasteiger partial charge on any atom is 0.412 e. The van der Waals surface area contributed by atoms with Crippen LogP contribution in [0.4, 0.5) is 4.79 Å². The monoisotopic (exact) mass is 221 g/mol. The molecule has 5 heteroatoms. The second-order valence-electron chi connectivity index (χ2n) is 3.56. The molecule has 1 saturated heterocycles. The summed E-state index contributed by atoms with van der Waals surface area (Å²) >= 11 is 5.98. The first-order valence-electron chi connectivity index (χ1n) is 4.70. The van der Waals surface area contributed by atoms with E-state index in [4.69, 9.17) is 21.1 Å². The highest BCUT2D eigenvalue weighted by Crippen LogP contribution is 2.24. The van der Waals surface area contributed by atoms with Gasteiger partial charge in [0, 0.05) is 13.7 Å². The molecule has 0 aliphatic carbocycles. The fourth-order valence-corrected chi connectivity index (χ4v) is 1.80. The van der Waals surface area contributed by atoms with Crippen molar-refractivity contribution in [1.29, 1.82) is 0 Å². The predicted molar refractivity (Wildman–Crippen MR) is 53.4 cm³/mol. The van der Waals surface area contributed by atoms with Crippen molar-refractivity contribution in [3.63, 3.8) is 0 Å². The summed E-state index contributed by atoms with van der Waals surface area (Å²) in [7, 11) is 1.54. The van der Waals surface area contributed by atoms with E-state index in [9.17, 15) is 4.79 Å². The Bertz CT molecular complexity index is 210. The van der Waals surface area contributed by atoms with Crippen LogP contribution in [0.15, 0.2) is 0 Å². The largest absolute Gasteiger partial charge is 0.447 e. The quantitative estimate of drug-likeness (QED) is 0.668. The Morgan fingerprint density at radius 1 is 1.57 bits per heavy atom. The molecule has 82 valence electrons. The van der Waals surface area contributed by atoms with Crippen LogP contribution in [0.25, 0.3) is 0 Å². The lowest BCUT2D eigenvalue weighted by Gasteiger charge is -2.24. The van der Waals surface area contributed by atoms with E-state index in [0.717, 1.165) is 6.42 Å². The maximum absolute atomic E-state index is 11.5. The van der Waals surface area contributed by atoms with Gasteiger partial charge in [0.25, 0.3) is 0 Å². The zero-order valence-electron chi connectivity index (χ0n) is 8.70. The second kappa shape index (κ2) is 4.84. The fraction of sp³-hybridized carbons (Fsp3) is 0.889. The van der Waals surface area contributed by atoms with Gasteiger partial charge in [0.2, 0.25) is 0 Å². The molecule has 0 radical (unpaired) electrons. The number of carbonyl (C=O) groups excluding carboxylic acids is 1. The molecule has 0 saturated carbocycles. The van der Waals surface area contributed by atoms with Crippen LogP contribution < -0.4 is 0 Å². The number of carbonyl (C=O) groups is 1. The number of nitrogens with zero attached hydrogens (tertiary/aromatic N) is 1. The lowest BCUT2D eigenvalue weighted by molar-refractivity contribution is -0.0110. The molecule has 4 nitrogen and oxygen atoms in total. The molecule has 0 aromatic rings. The molecule has 0 N–H and O–H groups in total. The standard InChI is InChI=1S/C9H16ClNO3/c1-6(2)14-9(12)11-5-4-7(10)8(11)13-3/h6-8H,4-5H2,1-3H3. The van der Waals surface area contributed by atoms with Gasteiger partial charge in [-0.3, -0.25) is 4.90 Å². The van der Waals surface area contributed by atoms with Crippen LogP contribution in [0, 0.1) is 0 Å². The summed E-state index contributed by atoms with van der Waals surface area (Å²) in [5.74, 6) is 0. The molecule has 0 aromatic heterocycles. The van der Waals surface area contributed by atoms with E-state index < -0.39 is 0 Å². The molecular formula is C9H16ClNO3. The number of ether oxygens (including phenoxy) is 2. The molecule has 0 aromatic carbocycles. The lowest BCUT2D eigenvalue weighted by atomic mass is 10.3. The van der Waals surface area contributed by atoms with E-state index in [1.54, 1.807) is 7.11 Å². The molecule has 0 bridgehead atoms. The van der Waals surface area contributed by atoms with E-state index in [1.165, 1.54) is 4.90 Å². The van der Waals surface area contributed by atoms with Gasteiger partial charge in [-0.1, -0.05) is 0 Å². The van der Waals surface area contributed by atoms with Gasteiger partial charge in [0.15, 0.2) is 6.23 Å². The smallest absolute Gasteiger partial charge is 0.412 e.